The van der Waals surface area contributed by atoms with Gasteiger partial charge in [0.25, 0.3) is 0 Å². The highest BCUT2D eigenvalue weighted by molar-refractivity contribution is 5.89. The lowest BCUT2D eigenvalue weighted by atomic mass is 9.68. The van der Waals surface area contributed by atoms with E-state index in [-0.39, 0.29) is 0 Å². The van der Waals surface area contributed by atoms with Crippen LogP contribution in [0, 0.1) is 17.8 Å². The van der Waals surface area contributed by atoms with Crippen LogP contribution in [0.2, 0.25) is 0 Å². The van der Waals surface area contributed by atoms with Gasteiger partial charge in [-0.1, -0.05) is 101 Å². The first-order valence-corrected chi connectivity index (χ1v) is 17.7. The van der Waals surface area contributed by atoms with Crippen LogP contribution in [0.3, 0.4) is 0 Å². The van der Waals surface area contributed by atoms with Crippen molar-refractivity contribution >= 4 is 11.9 Å². The smallest absolute Gasteiger partial charge is 0.338 e. The molecule has 0 aromatic heterocycles. The fourth-order valence-corrected chi connectivity index (χ4v) is 7.06. The zero-order valence-corrected chi connectivity index (χ0v) is 29.1. The first-order chi connectivity index (χ1) is 22.7. The van der Waals surface area contributed by atoms with E-state index in [2.05, 4.69) is 51.3 Å². The molecule has 0 heterocycles. The monoisotopic (exact) mass is 634 g/mol. The highest BCUT2D eigenvalue weighted by Crippen LogP contribution is 2.44. The highest BCUT2D eigenvalue weighted by Gasteiger charge is 2.30. The molecule has 0 spiro atoms. The lowest BCUT2D eigenvalue weighted by molar-refractivity contribution is -0.130. The molecule has 0 amide bonds. The fourth-order valence-electron chi connectivity index (χ4n) is 7.06. The number of carbonyl (C=O) groups excluding carboxylic acids is 2. The Labute approximate surface area is 283 Å². The second-order valence-corrected chi connectivity index (χ2v) is 13.7. The Morgan fingerprint density at radius 1 is 0.617 bits per heavy atom. The van der Waals surface area contributed by atoms with Crippen LogP contribution in [0.15, 0.2) is 97.1 Å². The number of rotatable bonds is 10. The number of ether oxygens (including phenoxy) is 2. The van der Waals surface area contributed by atoms with Crippen molar-refractivity contribution in [3.05, 3.63) is 108 Å². The van der Waals surface area contributed by atoms with Crippen LogP contribution < -0.4 is 9.47 Å². The molecule has 47 heavy (non-hydrogen) atoms. The van der Waals surface area contributed by atoms with E-state index in [0.29, 0.717) is 22.6 Å². The van der Waals surface area contributed by atoms with Crippen LogP contribution in [0.4, 0.5) is 0 Å². The third kappa shape index (κ3) is 10.8. The van der Waals surface area contributed by atoms with Crippen molar-refractivity contribution in [2.24, 2.45) is 17.8 Å². The van der Waals surface area contributed by atoms with E-state index in [1.165, 1.54) is 76.2 Å². The molecule has 2 aliphatic rings. The van der Waals surface area contributed by atoms with Crippen LogP contribution in [0.5, 0.6) is 11.5 Å². The average molecular weight is 635 g/mol. The second-order valence-electron chi connectivity index (χ2n) is 13.7. The molecule has 4 nitrogen and oxygen atoms in total. The summed E-state index contributed by atoms with van der Waals surface area (Å²) in [6.45, 7) is 14.9. The number of hydrogen-bond donors (Lipinski definition) is 0. The van der Waals surface area contributed by atoms with Crippen LogP contribution in [-0.4, -0.2) is 11.9 Å². The van der Waals surface area contributed by atoms with Crippen LogP contribution >= 0.6 is 0 Å². The summed E-state index contributed by atoms with van der Waals surface area (Å²) in [6, 6.07) is 23.8. The van der Waals surface area contributed by atoms with Gasteiger partial charge in [0, 0.05) is 11.1 Å². The van der Waals surface area contributed by atoms with E-state index in [0.717, 1.165) is 34.8 Å². The third-order valence-corrected chi connectivity index (χ3v) is 10.1. The summed E-state index contributed by atoms with van der Waals surface area (Å²) in [5.41, 5.74) is 5.71. The standard InChI is InChI=1S/C23H36.C20H18O4/c1-3-5-19-8-12-21(13-9-19)23-16-14-22(15-17-23)20-10-6-18(4-2)7-11-20;1-13(2)19(21)23-17-9-5-15(6-10-17)16-7-11-18(12-8-16)24-20(22)14(3)4/h8-9,12-13,18,20,22-23H,3-7,10-11,14-17H2,1-2H3;5-12H,1,3H2,2,4H3. The topological polar surface area (TPSA) is 52.6 Å². The summed E-state index contributed by atoms with van der Waals surface area (Å²) in [7, 11) is 0. The average Bonchev–Trinajstić information content (AvgIpc) is 3.10. The fraction of sp³-hybridized carbons (Fsp3) is 0.442. The Morgan fingerprint density at radius 2 is 1.04 bits per heavy atom. The van der Waals surface area contributed by atoms with E-state index < -0.39 is 11.9 Å². The normalized spacial score (nSPS) is 20.7. The number of benzene rings is 3. The predicted molar refractivity (Wildman–Crippen MR) is 194 cm³/mol. The summed E-state index contributed by atoms with van der Waals surface area (Å²) in [4.78, 5) is 22.9. The molecular weight excluding hydrogens is 580 g/mol. The summed E-state index contributed by atoms with van der Waals surface area (Å²) in [5, 5.41) is 0. The van der Waals surface area contributed by atoms with E-state index in [1.807, 2.05) is 24.3 Å². The second kappa shape index (κ2) is 17.8. The Balaban J connectivity index is 0.000000213. The molecule has 0 unspecified atom stereocenters. The van der Waals surface area contributed by atoms with Crippen LogP contribution in [0.1, 0.15) is 109 Å². The highest BCUT2D eigenvalue weighted by atomic mass is 16.5. The Bertz CT molecular complexity index is 1380. The molecule has 0 aliphatic heterocycles. The number of carbonyl (C=O) groups is 2. The summed E-state index contributed by atoms with van der Waals surface area (Å²) < 4.78 is 10.3. The maximum Gasteiger partial charge on any atom is 0.338 e. The lowest BCUT2D eigenvalue weighted by Gasteiger charge is -2.38. The van der Waals surface area contributed by atoms with Gasteiger partial charge >= 0.3 is 11.9 Å². The molecule has 3 aromatic carbocycles. The SMILES string of the molecule is C=C(C)C(=O)Oc1ccc(-c2ccc(OC(=O)C(=C)C)cc2)cc1.CCCc1ccc(C2CCC(C3CCC(CC)CC3)CC2)cc1. The molecule has 2 aliphatic carbocycles. The zero-order valence-electron chi connectivity index (χ0n) is 29.1. The van der Waals surface area contributed by atoms with E-state index in [4.69, 9.17) is 9.47 Å². The minimum atomic E-state index is -0.452. The molecule has 0 bridgehead atoms. The van der Waals surface area contributed by atoms with Crippen molar-refractivity contribution < 1.29 is 19.1 Å². The van der Waals surface area contributed by atoms with Gasteiger partial charge in [-0.15, -0.1) is 0 Å². The Morgan fingerprint density at radius 3 is 1.43 bits per heavy atom. The maximum absolute atomic E-state index is 11.5. The molecular formula is C43H54O4. The maximum atomic E-state index is 11.5. The van der Waals surface area contributed by atoms with E-state index >= 15 is 0 Å². The number of hydrogen-bond acceptors (Lipinski definition) is 4. The first-order valence-electron chi connectivity index (χ1n) is 17.7. The molecule has 0 radical (unpaired) electrons. The van der Waals surface area contributed by atoms with E-state index in [9.17, 15) is 9.59 Å². The molecule has 2 saturated carbocycles. The zero-order chi connectivity index (χ0) is 33.8. The van der Waals surface area contributed by atoms with Gasteiger partial charge in [-0.05, 0) is 129 Å². The first kappa shape index (κ1) is 35.9. The molecule has 0 N–H and O–H groups in total. The van der Waals surface area contributed by atoms with Crippen LogP contribution in [-0.2, 0) is 16.0 Å². The van der Waals surface area contributed by atoms with Gasteiger partial charge < -0.3 is 9.47 Å². The van der Waals surface area contributed by atoms with Gasteiger partial charge in [-0.3, -0.25) is 0 Å². The minimum absolute atomic E-state index is 0.346. The van der Waals surface area contributed by atoms with Gasteiger partial charge in [0.15, 0.2) is 0 Å². The Kier molecular flexibility index (Phi) is 13.6. The van der Waals surface area contributed by atoms with Crippen molar-refractivity contribution in [3.63, 3.8) is 0 Å². The minimum Gasteiger partial charge on any atom is -0.423 e. The largest absolute Gasteiger partial charge is 0.423 e. The van der Waals surface area contributed by atoms with Gasteiger partial charge in [-0.2, -0.15) is 0 Å². The van der Waals surface area contributed by atoms with Gasteiger partial charge in [0.1, 0.15) is 11.5 Å². The van der Waals surface area contributed by atoms with Crippen molar-refractivity contribution in [3.8, 4) is 22.6 Å². The third-order valence-electron chi connectivity index (χ3n) is 10.1. The van der Waals surface area contributed by atoms with Gasteiger partial charge in [0.05, 0.1) is 0 Å². The molecule has 0 saturated heterocycles. The molecule has 0 atom stereocenters. The van der Waals surface area contributed by atoms with Crippen molar-refractivity contribution in [2.45, 2.75) is 104 Å². The molecule has 2 fully saturated rings. The molecule has 3 aromatic rings. The molecule has 250 valence electrons. The number of esters is 2. The molecule has 5 rings (SSSR count). The van der Waals surface area contributed by atoms with Crippen molar-refractivity contribution in [2.75, 3.05) is 0 Å². The Hall–Kier alpha value is -3.92. The van der Waals surface area contributed by atoms with Gasteiger partial charge in [-0.25, -0.2) is 9.59 Å². The predicted octanol–water partition coefficient (Wildman–Crippen LogP) is 11.4. The summed E-state index contributed by atoms with van der Waals surface area (Å²) in [5.74, 6) is 4.00. The van der Waals surface area contributed by atoms with Crippen molar-refractivity contribution in [1.82, 2.24) is 0 Å². The number of aryl methyl sites for hydroxylation is 1. The van der Waals surface area contributed by atoms with E-state index in [1.54, 1.807) is 43.7 Å². The van der Waals surface area contributed by atoms with Crippen LogP contribution in [0.25, 0.3) is 11.1 Å². The quantitative estimate of drug-likeness (QED) is 0.126. The summed E-state index contributed by atoms with van der Waals surface area (Å²) in [6.07, 6.45) is 15.8. The van der Waals surface area contributed by atoms with Gasteiger partial charge in [0.2, 0.25) is 0 Å². The van der Waals surface area contributed by atoms with Crippen molar-refractivity contribution in [1.29, 1.82) is 0 Å². The lowest BCUT2D eigenvalue weighted by Crippen LogP contribution is -2.25. The summed E-state index contributed by atoms with van der Waals surface area (Å²) >= 11 is 0. The molecule has 4 heteroatoms.